The molecule has 1 fully saturated rings. The van der Waals surface area contributed by atoms with E-state index in [9.17, 15) is 9.90 Å². The standard InChI is InChI=1S/C20H23NO3/c1-24-20(23)17-9-7-16(8-10-17)19-13-18(22)11-12-21(19)14-15-5-3-2-4-6-15/h2-10,18-19,22H,11-14H2,1H3/t18-,19-/m1/s1. The van der Waals surface area contributed by atoms with Crippen molar-refractivity contribution in [3.8, 4) is 0 Å². The summed E-state index contributed by atoms with van der Waals surface area (Å²) in [7, 11) is 1.38. The first-order valence-electron chi connectivity index (χ1n) is 8.31. The fraction of sp³-hybridized carbons (Fsp3) is 0.350. The molecule has 0 spiro atoms. The monoisotopic (exact) mass is 325 g/mol. The number of nitrogens with zero attached hydrogens (tertiary/aromatic N) is 1. The molecule has 0 unspecified atom stereocenters. The molecule has 0 aromatic heterocycles. The molecule has 1 N–H and O–H groups in total. The number of hydrogen-bond acceptors (Lipinski definition) is 4. The van der Waals surface area contributed by atoms with Crippen molar-refractivity contribution < 1.29 is 14.6 Å². The summed E-state index contributed by atoms with van der Waals surface area (Å²) < 4.78 is 4.75. The maximum atomic E-state index is 11.6. The second-order valence-corrected chi connectivity index (χ2v) is 6.26. The van der Waals surface area contributed by atoms with E-state index in [2.05, 4.69) is 17.0 Å². The zero-order valence-electron chi connectivity index (χ0n) is 13.9. The van der Waals surface area contributed by atoms with Crippen LogP contribution in [0.3, 0.4) is 0 Å². The lowest BCUT2D eigenvalue weighted by Gasteiger charge is -2.38. The molecule has 0 amide bonds. The number of carbonyl (C=O) groups excluding carboxylic acids is 1. The second kappa shape index (κ2) is 7.60. The Kier molecular flexibility index (Phi) is 5.28. The Hall–Kier alpha value is -2.17. The highest BCUT2D eigenvalue weighted by Gasteiger charge is 2.28. The number of ether oxygens (including phenoxy) is 1. The van der Waals surface area contributed by atoms with Crippen molar-refractivity contribution in [3.05, 3.63) is 71.3 Å². The molecule has 0 aliphatic carbocycles. The first-order chi connectivity index (χ1) is 11.7. The van der Waals surface area contributed by atoms with Crippen LogP contribution >= 0.6 is 0 Å². The summed E-state index contributed by atoms with van der Waals surface area (Å²) in [5, 5.41) is 10.1. The Morgan fingerprint density at radius 2 is 1.88 bits per heavy atom. The molecular weight excluding hydrogens is 302 g/mol. The van der Waals surface area contributed by atoms with Gasteiger partial charge in [-0.3, -0.25) is 4.90 Å². The Balaban J connectivity index is 1.80. The highest BCUT2D eigenvalue weighted by molar-refractivity contribution is 5.89. The van der Waals surface area contributed by atoms with Gasteiger partial charge < -0.3 is 9.84 Å². The van der Waals surface area contributed by atoms with Gasteiger partial charge >= 0.3 is 5.97 Å². The van der Waals surface area contributed by atoms with Gasteiger partial charge in [0.25, 0.3) is 0 Å². The molecule has 3 rings (SSSR count). The van der Waals surface area contributed by atoms with E-state index in [0.29, 0.717) is 12.0 Å². The maximum absolute atomic E-state index is 11.6. The van der Waals surface area contributed by atoms with Gasteiger partial charge in [0.05, 0.1) is 18.8 Å². The van der Waals surface area contributed by atoms with E-state index in [-0.39, 0.29) is 18.1 Å². The largest absolute Gasteiger partial charge is 0.465 e. The Morgan fingerprint density at radius 1 is 1.17 bits per heavy atom. The number of piperidine rings is 1. The predicted octanol–water partition coefficient (Wildman–Crippen LogP) is 3.17. The molecule has 126 valence electrons. The van der Waals surface area contributed by atoms with Crippen molar-refractivity contribution in [2.75, 3.05) is 13.7 Å². The van der Waals surface area contributed by atoms with Gasteiger partial charge in [-0.15, -0.1) is 0 Å². The van der Waals surface area contributed by atoms with E-state index in [1.165, 1.54) is 12.7 Å². The van der Waals surface area contributed by atoms with Crippen molar-refractivity contribution in [1.29, 1.82) is 0 Å². The highest BCUT2D eigenvalue weighted by Crippen LogP contribution is 2.32. The van der Waals surface area contributed by atoms with Gasteiger partial charge in [0.2, 0.25) is 0 Å². The molecule has 1 heterocycles. The minimum absolute atomic E-state index is 0.153. The molecule has 2 aromatic rings. The third kappa shape index (κ3) is 3.83. The highest BCUT2D eigenvalue weighted by atomic mass is 16.5. The van der Waals surface area contributed by atoms with Gasteiger partial charge in [-0.25, -0.2) is 4.79 Å². The van der Waals surface area contributed by atoms with Crippen molar-refractivity contribution in [2.24, 2.45) is 0 Å². The molecular formula is C20H23NO3. The van der Waals surface area contributed by atoms with Gasteiger partial charge in [0.15, 0.2) is 0 Å². The lowest BCUT2D eigenvalue weighted by molar-refractivity contribution is 0.0363. The summed E-state index contributed by atoms with van der Waals surface area (Å²) in [4.78, 5) is 14.0. The molecule has 0 bridgehead atoms. The van der Waals surface area contributed by atoms with Crippen LogP contribution in [-0.4, -0.2) is 35.7 Å². The third-order valence-electron chi connectivity index (χ3n) is 4.63. The van der Waals surface area contributed by atoms with E-state index in [0.717, 1.165) is 25.1 Å². The van der Waals surface area contributed by atoms with Crippen molar-refractivity contribution >= 4 is 5.97 Å². The third-order valence-corrected chi connectivity index (χ3v) is 4.63. The quantitative estimate of drug-likeness (QED) is 0.877. The number of aliphatic hydroxyl groups is 1. The first kappa shape index (κ1) is 16.7. The second-order valence-electron chi connectivity index (χ2n) is 6.26. The summed E-state index contributed by atoms with van der Waals surface area (Å²) in [5.41, 5.74) is 2.94. The zero-order chi connectivity index (χ0) is 16.9. The number of aliphatic hydroxyl groups excluding tert-OH is 1. The number of benzene rings is 2. The van der Waals surface area contributed by atoms with Crippen LogP contribution in [-0.2, 0) is 11.3 Å². The van der Waals surface area contributed by atoms with Crippen LogP contribution < -0.4 is 0 Å². The van der Waals surface area contributed by atoms with Crippen LogP contribution in [0.5, 0.6) is 0 Å². The van der Waals surface area contributed by atoms with Crippen LogP contribution in [0.25, 0.3) is 0 Å². The Morgan fingerprint density at radius 3 is 2.54 bits per heavy atom. The average Bonchev–Trinajstić information content (AvgIpc) is 2.63. The van der Waals surface area contributed by atoms with Crippen LogP contribution in [0, 0.1) is 0 Å². The molecule has 0 saturated carbocycles. The average molecular weight is 325 g/mol. The van der Waals surface area contributed by atoms with Gasteiger partial charge in [0.1, 0.15) is 0 Å². The van der Waals surface area contributed by atoms with Crippen LogP contribution in [0.2, 0.25) is 0 Å². The fourth-order valence-electron chi connectivity index (χ4n) is 3.31. The number of esters is 1. The minimum Gasteiger partial charge on any atom is -0.465 e. The van der Waals surface area contributed by atoms with E-state index in [4.69, 9.17) is 4.74 Å². The van der Waals surface area contributed by atoms with Crippen molar-refractivity contribution in [3.63, 3.8) is 0 Å². The Bertz CT molecular complexity index is 669. The summed E-state index contributed by atoms with van der Waals surface area (Å²) in [6.45, 7) is 1.72. The van der Waals surface area contributed by atoms with E-state index in [1.54, 1.807) is 12.1 Å². The normalized spacial score (nSPS) is 21.4. The fourth-order valence-corrected chi connectivity index (χ4v) is 3.31. The summed E-state index contributed by atoms with van der Waals surface area (Å²) in [5.74, 6) is -0.327. The predicted molar refractivity (Wildman–Crippen MR) is 92.6 cm³/mol. The van der Waals surface area contributed by atoms with Gasteiger partial charge in [-0.05, 0) is 36.1 Å². The van der Waals surface area contributed by atoms with Gasteiger partial charge in [-0.1, -0.05) is 42.5 Å². The summed E-state index contributed by atoms with van der Waals surface area (Å²) in [6.07, 6.45) is 1.23. The molecule has 4 nitrogen and oxygen atoms in total. The van der Waals surface area contributed by atoms with Crippen molar-refractivity contribution in [2.45, 2.75) is 31.5 Å². The lowest BCUT2D eigenvalue weighted by atomic mass is 9.92. The smallest absolute Gasteiger partial charge is 0.337 e. The SMILES string of the molecule is COC(=O)c1ccc([C@H]2C[C@H](O)CCN2Cc2ccccc2)cc1. The number of carbonyl (C=O) groups is 1. The number of rotatable bonds is 4. The number of hydrogen-bond donors (Lipinski definition) is 1. The van der Waals surface area contributed by atoms with Crippen LogP contribution in [0.15, 0.2) is 54.6 Å². The summed E-state index contributed by atoms with van der Waals surface area (Å²) in [6, 6.07) is 18.0. The first-order valence-corrected chi connectivity index (χ1v) is 8.31. The topological polar surface area (TPSA) is 49.8 Å². The Labute approximate surface area is 142 Å². The van der Waals surface area contributed by atoms with Crippen LogP contribution in [0.1, 0.15) is 40.4 Å². The van der Waals surface area contributed by atoms with E-state index >= 15 is 0 Å². The molecule has 24 heavy (non-hydrogen) atoms. The number of methoxy groups -OCH3 is 1. The molecule has 4 heteroatoms. The molecule has 0 radical (unpaired) electrons. The summed E-state index contributed by atoms with van der Waals surface area (Å²) >= 11 is 0. The molecule has 2 atom stereocenters. The van der Waals surface area contributed by atoms with E-state index < -0.39 is 0 Å². The molecule has 2 aromatic carbocycles. The van der Waals surface area contributed by atoms with Crippen LogP contribution in [0.4, 0.5) is 0 Å². The van der Waals surface area contributed by atoms with Gasteiger partial charge in [-0.2, -0.15) is 0 Å². The number of likely N-dealkylation sites (tertiary alicyclic amines) is 1. The lowest BCUT2D eigenvalue weighted by Crippen LogP contribution is -2.38. The van der Waals surface area contributed by atoms with Gasteiger partial charge in [0, 0.05) is 19.1 Å². The zero-order valence-corrected chi connectivity index (χ0v) is 13.9. The molecule has 1 aliphatic heterocycles. The molecule has 1 saturated heterocycles. The van der Waals surface area contributed by atoms with E-state index in [1.807, 2.05) is 30.3 Å². The maximum Gasteiger partial charge on any atom is 0.337 e. The van der Waals surface area contributed by atoms with Crippen molar-refractivity contribution in [1.82, 2.24) is 4.90 Å². The minimum atomic E-state index is -0.327. The molecule has 1 aliphatic rings.